The highest BCUT2D eigenvalue weighted by atomic mass is 16.2. The van der Waals surface area contributed by atoms with Gasteiger partial charge in [-0.3, -0.25) is 14.3 Å². The summed E-state index contributed by atoms with van der Waals surface area (Å²) in [5.41, 5.74) is 2.12. The molecular weight excluding hydrogens is 270 g/mol. The smallest absolute Gasteiger partial charge is 0.255 e. The molecule has 0 saturated carbocycles. The van der Waals surface area contributed by atoms with Gasteiger partial charge in [0, 0.05) is 30.3 Å². The van der Waals surface area contributed by atoms with E-state index in [2.05, 4.69) is 20.4 Å². The quantitative estimate of drug-likeness (QED) is 0.739. The number of anilines is 1. The topological polar surface area (TPSA) is 92.7 Å². The number of nitrogens with one attached hydrogen (secondary N) is 2. The predicted octanol–water partition coefficient (Wildman–Crippen LogP) is 1.22. The van der Waals surface area contributed by atoms with Crippen LogP contribution in [0.4, 0.5) is 5.69 Å². The Hall–Kier alpha value is -2.96. The van der Waals surface area contributed by atoms with E-state index in [1.54, 1.807) is 10.9 Å². The third-order valence-corrected chi connectivity index (χ3v) is 3.16. The second kappa shape index (κ2) is 4.86. The molecule has 0 bridgehead atoms. The van der Waals surface area contributed by atoms with E-state index in [1.807, 2.05) is 20.0 Å². The normalized spacial score (nSPS) is 10.8. The van der Waals surface area contributed by atoms with Gasteiger partial charge in [0.1, 0.15) is 0 Å². The van der Waals surface area contributed by atoms with Crippen LogP contribution in [-0.4, -0.2) is 25.7 Å². The van der Waals surface area contributed by atoms with Gasteiger partial charge < -0.3 is 10.3 Å². The molecule has 3 rings (SSSR count). The highest BCUT2D eigenvalue weighted by Gasteiger charge is 2.10. The highest BCUT2D eigenvalue weighted by molar-refractivity contribution is 6.04. The number of rotatable bonds is 2. The van der Waals surface area contributed by atoms with E-state index in [-0.39, 0.29) is 11.5 Å². The average Bonchev–Trinajstić information content (AvgIpc) is 2.74. The largest absolute Gasteiger partial charge is 0.329 e. The Morgan fingerprint density at radius 1 is 1.38 bits per heavy atom. The highest BCUT2D eigenvalue weighted by Crippen LogP contribution is 2.19. The standard InChI is InChI=1S/C14H13N5O2/c1-8-11-6-10(7-16-13(11)19(2)18-8)17-14(21)9-3-4-15-12(20)5-9/h3-7H,1-2H3,(H,15,20)(H,17,21). The Kier molecular flexibility index (Phi) is 3.02. The number of carbonyl (C=O) groups excluding carboxylic acids is 1. The fraction of sp³-hybridized carbons (Fsp3) is 0.143. The van der Waals surface area contributed by atoms with Crippen LogP contribution in [0.5, 0.6) is 0 Å². The van der Waals surface area contributed by atoms with Crippen LogP contribution in [0, 0.1) is 6.92 Å². The zero-order valence-corrected chi connectivity index (χ0v) is 11.5. The van der Waals surface area contributed by atoms with E-state index in [9.17, 15) is 9.59 Å². The van der Waals surface area contributed by atoms with Crippen molar-refractivity contribution in [2.75, 3.05) is 5.32 Å². The van der Waals surface area contributed by atoms with Gasteiger partial charge in [0.25, 0.3) is 5.91 Å². The van der Waals surface area contributed by atoms with Gasteiger partial charge in [-0.1, -0.05) is 0 Å². The van der Waals surface area contributed by atoms with Crippen molar-refractivity contribution in [1.29, 1.82) is 0 Å². The maximum Gasteiger partial charge on any atom is 0.255 e. The molecule has 0 atom stereocenters. The second-order valence-corrected chi connectivity index (χ2v) is 4.70. The van der Waals surface area contributed by atoms with Crippen LogP contribution in [0.3, 0.4) is 0 Å². The van der Waals surface area contributed by atoms with E-state index < -0.39 is 0 Å². The van der Waals surface area contributed by atoms with Crippen LogP contribution in [0.25, 0.3) is 11.0 Å². The van der Waals surface area contributed by atoms with E-state index >= 15 is 0 Å². The molecule has 7 heteroatoms. The van der Waals surface area contributed by atoms with Gasteiger partial charge >= 0.3 is 0 Å². The number of aryl methyl sites for hydroxylation is 2. The van der Waals surface area contributed by atoms with Crippen molar-refractivity contribution in [3.63, 3.8) is 0 Å². The first-order chi connectivity index (χ1) is 10.0. The summed E-state index contributed by atoms with van der Waals surface area (Å²) >= 11 is 0. The molecule has 0 saturated heterocycles. The minimum absolute atomic E-state index is 0.293. The second-order valence-electron chi connectivity index (χ2n) is 4.70. The molecule has 3 aromatic rings. The Morgan fingerprint density at radius 2 is 2.19 bits per heavy atom. The SMILES string of the molecule is Cc1nn(C)c2ncc(NC(=O)c3cc[nH]c(=O)c3)cc12. The molecule has 0 aromatic carbocycles. The summed E-state index contributed by atoms with van der Waals surface area (Å²) in [6, 6.07) is 4.60. The van der Waals surface area contributed by atoms with Crippen molar-refractivity contribution in [2.45, 2.75) is 6.92 Å². The number of pyridine rings is 2. The van der Waals surface area contributed by atoms with Crippen LogP contribution in [0.15, 0.2) is 35.4 Å². The molecule has 0 aliphatic rings. The van der Waals surface area contributed by atoms with Gasteiger partial charge in [-0.15, -0.1) is 0 Å². The summed E-state index contributed by atoms with van der Waals surface area (Å²) in [5.74, 6) is -0.358. The molecule has 2 N–H and O–H groups in total. The number of amides is 1. The zero-order chi connectivity index (χ0) is 15.0. The Morgan fingerprint density at radius 3 is 2.95 bits per heavy atom. The molecule has 0 unspecified atom stereocenters. The summed E-state index contributed by atoms with van der Waals surface area (Å²) in [6.45, 7) is 1.88. The number of carbonyl (C=O) groups is 1. The van der Waals surface area contributed by atoms with Crippen LogP contribution < -0.4 is 10.9 Å². The van der Waals surface area contributed by atoms with E-state index in [0.717, 1.165) is 16.7 Å². The summed E-state index contributed by atoms with van der Waals surface area (Å²) in [4.78, 5) is 30.0. The Balaban J connectivity index is 1.93. The molecule has 0 spiro atoms. The lowest BCUT2D eigenvalue weighted by atomic mass is 10.2. The first kappa shape index (κ1) is 13.0. The van der Waals surface area contributed by atoms with Gasteiger partial charge in [0.05, 0.1) is 17.6 Å². The number of nitrogens with zero attached hydrogens (tertiary/aromatic N) is 3. The average molecular weight is 283 g/mol. The van der Waals surface area contributed by atoms with Crippen LogP contribution >= 0.6 is 0 Å². The van der Waals surface area contributed by atoms with Crippen molar-refractivity contribution in [3.8, 4) is 0 Å². The van der Waals surface area contributed by atoms with Crippen LogP contribution in [0.2, 0.25) is 0 Å². The molecule has 3 heterocycles. The molecular formula is C14H13N5O2. The third kappa shape index (κ3) is 2.40. The fourth-order valence-corrected chi connectivity index (χ4v) is 2.17. The fourth-order valence-electron chi connectivity index (χ4n) is 2.17. The molecule has 3 aromatic heterocycles. The lowest BCUT2D eigenvalue weighted by Gasteiger charge is -2.05. The first-order valence-corrected chi connectivity index (χ1v) is 6.34. The summed E-state index contributed by atoms with van der Waals surface area (Å²) in [5, 5.41) is 7.88. The van der Waals surface area contributed by atoms with Crippen LogP contribution in [-0.2, 0) is 7.05 Å². The van der Waals surface area contributed by atoms with Crippen molar-refractivity contribution in [3.05, 3.63) is 52.2 Å². The third-order valence-electron chi connectivity index (χ3n) is 3.16. The molecule has 7 nitrogen and oxygen atoms in total. The van der Waals surface area contributed by atoms with Gasteiger partial charge in [-0.25, -0.2) is 4.98 Å². The Bertz CT molecular complexity index is 894. The van der Waals surface area contributed by atoms with Gasteiger partial charge in [0.15, 0.2) is 5.65 Å². The van der Waals surface area contributed by atoms with E-state index in [0.29, 0.717) is 11.3 Å². The minimum Gasteiger partial charge on any atom is -0.329 e. The van der Waals surface area contributed by atoms with Crippen molar-refractivity contribution < 1.29 is 4.79 Å². The molecule has 21 heavy (non-hydrogen) atoms. The van der Waals surface area contributed by atoms with Crippen molar-refractivity contribution in [2.24, 2.45) is 7.05 Å². The Labute approximate surface area is 119 Å². The number of aromatic amines is 1. The number of fused-ring (bicyclic) bond motifs is 1. The molecule has 0 radical (unpaired) electrons. The van der Waals surface area contributed by atoms with Gasteiger partial charge in [0.2, 0.25) is 5.56 Å². The minimum atomic E-state index is -0.358. The molecule has 1 amide bonds. The predicted molar refractivity (Wildman–Crippen MR) is 78.3 cm³/mol. The summed E-state index contributed by atoms with van der Waals surface area (Å²) < 4.78 is 1.69. The van der Waals surface area contributed by atoms with Crippen molar-refractivity contribution in [1.82, 2.24) is 19.7 Å². The lowest BCUT2D eigenvalue weighted by Crippen LogP contribution is -2.15. The monoisotopic (exact) mass is 283 g/mol. The van der Waals surface area contributed by atoms with Crippen LogP contribution in [0.1, 0.15) is 16.1 Å². The van der Waals surface area contributed by atoms with Gasteiger partial charge in [-0.05, 0) is 19.1 Å². The number of H-pyrrole nitrogens is 1. The summed E-state index contributed by atoms with van der Waals surface area (Å²) in [7, 11) is 1.82. The first-order valence-electron chi connectivity index (χ1n) is 6.34. The molecule has 0 aliphatic heterocycles. The van der Waals surface area contributed by atoms with E-state index in [1.165, 1.54) is 18.3 Å². The molecule has 0 aliphatic carbocycles. The van der Waals surface area contributed by atoms with E-state index in [4.69, 9.17) is 0 Å². The van der Waals surface area contributed by atoms with Gasteiger partial charge in [-0.2, -0.15) is 5.10 Å². The molecule has 0 fully saturated rings. The summed E-state index contributed by atoms with van der Waals surface area (Å²) in [6.07, 6.45) is 3.00. The number of hydrogen-bond donors (Lipinski definition) is 2. The number of aromatic nitrogens is 4. The lowest BCUT2D eigenvalue weighted by molar-refractivity contribution is 0.102. The van der Waals surface area contributed by atoms with Crippen molar-refractivity contribution >= 4 is 22.6 Å². The number of hydrogen-bond acceptors (Lipinski definition) is 4. The molecule has 106 valence electrons. The maximum atomic E-state index is 12.1. The zero-order valence-electron chi connectivity index (χ0n) is 11.5. The maximum absolute atomic E-state index is 12.1.